The molecule has 3 heteroatoms. The summed E-state index contributed by atoms with van der Waals surface area (Å²) in [4.78, 5) is 4.94. The summed E-state index contributed by atoms with van der Waals surface area (Å²) >= 11 is 0. The van der Waals surface area contributed by atoms with E-state index >= 15 is 0 Å². The molecule has 0 aromatic heterocycles. The molecule has 0 saturated carbocycles. The zero-order valence-corrected chi connectivity index (χ0v) is 9.78. The fourth-order valence-electron chi connectivity index (χ4n) is 2.42. The first kappa shape index (κ1) is 11.1. The molecule has 2 aliphatic heterocycles. The van der Waals surface area contributed by atoms with E-state index in [4.69, 9.17) is 0 Å². The molecule has 86 valence electrons. The van der Waals surface area contributed by atoms with Gasteiger partial charge in [0.05, 0.1) is 0 Å². The van der Waals surface area contributed by atoms with Gasteiger partial charge in [-0.1, -0.05) is 12.2 Å². The minimum absolute atomic E-state index is 0.804. The van der Waals surface area contributed by atoms with Crippen LogP contribution >= 0.6 is 0 Å². The number of likely N-dealkylation sites (tertiary alicyclic amines) is 1. The van der Waals surface area contributed by atoms with Crippen molar-refractivity contribution in [1.29, 1.82) is 0 Å². The molecule has 2 aliphatic rings. The van der Waals surface area contributed by atoms with Crippen LogP contribution in [0.3, 0.4) is 0 Å². The van der Waals surface area contributed by atoms with Crippen LogP contribution in [0.5, 0.6) is 0 Å². The van der Waals surface area contributed by atoms with Crippen LogP contribution in [-0.4, -0.2) is 62.7 Å². The molecule has 2 saturated heterocycles. The van der Waals surface area contributed by atoms with Crippen molar-refractivity contribution in [1.82, 2.24) is 15.1 Å². The Bertz CT molecular complexity index is 209. The van der Waals surface area contributed by atoms with Gasteiger partial charge in [0, 0.05) is 39.3 Å². The highest BCUT2D eigenvalue weighted by atomic mass is 15.2. The van der Waals surface area contributed by atoms with Crippen LogP contribution < -0.4 is 5.32 Å². The molecule has 0 aromatic carbocycles. The molecule has 0 amide bonds. The third-order valence-electron chi connectivity index (χ3n) is 3.41. The summed E-state index contributed by atoms with van der Waals surface area (Å²) in [6.45, 7) is 8.37. The minimum atomic E-state index is 0.804. The molecule has 3 nitrogen and oxygen atoms in total. The van der Waals surface area contributed by atoms with Crippen LogP contribution in [-0.2, 0) is 0 Å². The van der Waals surface area contributed by atoms with Gasteiger partial charge in [0.1, 0.15) is 0 Å². The number of rotatable bonds is 3. The van der Waals surface area contributed by atoms with Crippen LogP contribution in [0.25, 0.3) is 0 Å². The average Bonchev–Trinajstić information content (AvgIpc) is 2.66. The predicted molar refractivity (Wildman–Crippen MR) is 64.1 cm³/mol. The molecule has 0 spiro atoms. The third kappa shape index (κ3) is 3.59. The Morgan fingerprint density at radius 3 is 2.73 bits per heavy atom. The molecule has 2 heterocycles. The average molecular weight is 209 g/mol. The Morgan fingerprint density at radius 1 is 1.27 bits per heavy atom. The maximum atomic E-state index is 3.38. The van der Waals surface area contributed by atoms with Crippen molar-refractivity contribution in [2.45, 2.75) is 6.42 Å². The fraction of sp³-hybridized carbons (Fsp3) is 0.833. The van der Waals surface area contributed by atoms with Gasteiger partial charge >= 0.3 is 0 Å². The SMILES string of the molecule is CN1CCC(/C=C\CN2CCNCC2)C1. The molecule has 0 aliphatic carbocycles. The zero-order valence-electron chi connectivity index (χ0n) is 9.78. The summed E-state index contributed by atoms with van der Waals surface area (Å²) < 4.78 is 0. The van der Waals surface area contributed by atoms with E-state index in [1.54, 1.807) is 0 Å². The first-order valence-electron chi connectivity index (χ1n) is 6.13. The van der Waals surface area contributed by atoms with Crippen molar-refractivity contribution in [2.75, 3.05) is 52.9 Å². The molecule has 1 atom stereocenters. The zero-order chi connectivity index (χ0) is 10.5. The van der Waals surface area contributed by atoms with Crippen LogP contribution in [0.4, 0.5) is 0 Å². The second-order valence-corrected chi connectivity index (χ2v) is 4.79. The quantitative estimate of drug-likeness (QED) is 0.679. The standard InChI is InChI=1S/C12H23N3/c1-14-8-4-12(11-14)3-2-7-15-9-5-13-6-10-15/h2-3,12-13H,4-11H2,1H3/b3-2-. The molecular weight excluding hydrogens is 186 g/mol. The highest BCUT2D eigenvalue weighted by molar-refractivity contribution is 4.94. The van der Waals surface area contributed by atoms with Crippen molar-refractivity contribution >= 4 is 0 Å². The van der Waals surface area contributed by atoms with Crippen molar-refractivity contribution < 1.29 is 0 Å². The first-order chi connectivity index (χ1) is 7.34. The Kier molecular flexibility index (Phi) is 4.18. The molecule has 0 radical (unpaired) electrons. The molecule has 15 heavy (non-hydrogen) atoms. The molecule has 1 unspecified atom stereocenters. The second-order valence-electron chi connectivity index (χ2n) is 4.79. The van der Waals surface area contributed by atoms with E-state index in [0.29, 0.717) is 0 Å². The Balaban J connectivity index is 1.65. The molecule has 2 fully saturated rings. The summed E-state index contributed by atoms with van der Waals surface area (Å²) in [6, 6.07) is 0. The largest absolute Gasteiger partial charge is 0.314 e. The number of piperazine rings is 1. The van der Waals surface area contributed by atoms with E-state index in [0.717, 1.165) is 25.6 Å². The molecule has 0 aromatic rings. The number of hydrogen-bond donors (Lipinski definition) is 1. The maximum Gasteiger partial charge on any atom is 0.0164 e. The van der Waals surface area contributed by atoms with Gasteiger partial charge < -0.3 is 10.2 Å². The minimum Gasteiger partial charge on any atom is -0.314 e. The third-order valence-corrected chi connectivity index (χ3v) is 3.41. The van der Waals surface area contributed by atoms with E-state index < -0.39 is 0 Å². The lowest BCUT2D eigenvalue weighted by Gasteiger charge is -2.25. The van der Waals surface area contributed by atoms with Gasteiger partial charge in [0.15, 0.2) is 0 Å². The molecule has 2 rings (SSSR count). The predicted octanol–water partition coefficient (Wildman–Crippen LogP) is 0.400. The van der Waals surface area contributed by atoms with Crippen LogP contribution in [0.1, 0.15) is 6.42 Å². The van der Waals surface area contributed by atoms with E-state index in [1.165, 1.54) is 32.6 Å². The lowest BCUT2D eigenvalue weighted by atomic mass is 10.1. The number of nitrogens with zero attached hydrogens (tertiary/aromatic N) is 2. The van der Waals surface area contributed by atoms with Crippen LogP contribution in [0, 0.1) is 5.92 Å². The fourth-order valence-corrected chi connectivity index (χ4v) is 2.42. The number of hydrogen-bond acceptors (Lipinski definition) is 3. The highest BCUT2D eigenvalue weighted by Crippen LogP contribution is 2.15. The van der Waals surface area contributed by atoms with Gasteiger partial charge in [-0.05, 0) is 25.9 Å². The summed E-state index contributed by atoms with van der Waals surface area (Å²) in [5, 5.41) is 3.38. The Hall–Kier alpha value is -0.380. The van der Waals surface area contributed by atoms with Crippen LogP contribution in [0.2, 0.25) is 0 Å². The number of nitrogens with one attached hydrogen (secondary N) is 1. The highest BCUT2D eigenvalue weighted by Gasteiger charge is 2.16. The summed E-state index contributed by atoms with van der Waals surface area (Å²) in [5.41, 5.74) is 0. The van der Waals surface area contributed by atoms with E-state index in [-0.39, 0.29) is 0 Å². The van der Waals surface area contributed by atoms with Crippen molar-refractivity contribution in [3.8, 4) is 0 Å². The topological polar surface area (TPSA) is 18.5 Å². The first-order valence-corrected chi connectivity index (χ1v) is 6.13. The lowest BCUT2D eigenvalue weighted by Crippen LogP contribution is -2.43. The van der Waals surface area contributed by atoms with Gasteiger partial charge in [-0.2, -0.15) is 0 Å². The van der Waals surface area contributed by atoms with E-state index in [2.05, 4.69) is 34.3 Å². The van der Waals surface area contributed by atoms with E-state index in [1.807, 2.05) is 0 Å². The lowest BCUT2D eigenvalue weighted by molar-refractivity contribution is 0.264. The van der Waals surface area contributed by atoms with Crippen molar-refractivity contribution in [2.24, 2.45) is 5.92 Å². The van der Waals surface area contributed by atoms with Gasteiger partial charge in [-0.15, -0.1) is 0 Å². The summed E-state index contributed by atoms with van der Waals surface area (Å²) in [7, 11) is 2.21. The molecular formula is C12H23N3. The Labute approximate surface area is 93.1 Å². The van der Waals surface area contributed by atoms with Gasteiger partial charge in [-0.3, -0.25) is 4.90 Å². The van der Waals surface area contributed by atoms with Gasteiger partial charge in [-0.25, -0.2) is 0 Å². The Morgan fingerprint density at radius 2 is 2.07 bits per heavy atom. The van der Waals surface area contributed by atoms with Crippen molar-refractivity contribution in [3.63, 3.8) is 0 Å². The maximum absolute atomic E-state index is 3.38. The molecule has 0 bridgehead atoms. The second kappa shape index (κ2) is 5.64. The van der Waals surface area contributed by atoms with E-state index in [9.17, 15) is 0 Å². The molecule has 1 N–H and O–H groups in total. The van der Waals surface area contributed by atoms with Crippen molar-refractivity contribution in [3.05, 3.63) is 12.2 Å². The van der Waals surface area contributed by atoms with Gasteiger partial charge in [0.2, 0.25) is 0 Å². The normalized spacial score (nSPS) is 30.3. The monoisotopic (exact) mass is 209 g/mol. The smallest absolute Gasteiger partial charge is 0.0164 e. The summed E-state index contributed by atoms with van der Waals surface area (Å²) in [5.74, 6) is 0.804. The summed E-state index contributed by atoms with van der Waals surface area (Å²) in [6.07, 6.45) is 6.13. The van der Waals surface area contributed by atoms with Crippen LogP contribution in [0.15, 0.2) is 12.2 Å². The van der Waals surface area contributed by atoms with Gasteiger partial charge in [0.25, 0.3) is 0 Å².